The molecule has 6 rings (SSSR count). The molecule has 3 aliphatic rings. The Hall–Kier alpha value is -3.12. The maximum Gasteiger partial charge on any atom is 0.261 e. The Morgan fingerprint density at radius 1 is 1.27 bits per heavy atom. The van der Waals surface area contributed by atoms with Crippen molar-refractivity contribution in [2.75, 3.05) is 5.32 Å². The highest BCUT2D eigenvalue weighted by molar-refractivity contribution is 7.93. The molecule has 0 saturated heterocycles. The van der Waals surface area contributed by atoms with Crippen LogP contribution in [0, 0.1) is 17.2 Å². The number of H-pyrrole nitrogens is 1. The van der Waals surface area contributed by atoms with Crippen molar-refractivity contribution in [2.45, 2.75) is 67.1 Å². The minimum atomic E-state index is -3.33. The van der Waals surface area contributed by atoms with Gasteiger partial charge in [0, 0.05) is 11.9 Å². The molecule has 0 amide bonds. The summed E-state index contributed by atoms with van der Waals surface area (Å²) in [5.41, 5.74) is 1.99. The average molecular weight is 464 g/mol. The molecule has 2 fully saturated rings. The van der Waals surface area contributed by atoms with Gasteiger partial charge in [0.15, 0.2) is 15.7 Å². The van der Waals surface area contributed by atoms with Gasteiger partial charge in [0.05, 0.1) is 33.7 Å². The Kier molecular flexibility index (Phi) is 4.46. The third-order valence-corrected chi connectivity index (χ3v) is 10.3. The van der Waals surface area contributed by atoms with Crippen molar-refractivity contribution in [3.63, 3.8) is 0 Å². The summed E-state index contributed by atoms with van der Waals surface area (Å²) in [7, 11) is -3.33. The van der Waals surface area contributed by atoms with Gasteiger partial charge >= 0.3 is 0 Å². The van der Waals surface area contributed by atoms with E-state index in [9.17, 15) is 18.5 Å². The van der Waals surface area contributed by atoms with Crippen molar-refractivity contribution in [3.05, 3.63) is 46.4 Å². The Bertz CT molecular complexity index is 1470. The van der Waals surface area contributed by atoms with Crippen LogP contribution in [0.25, 0.3) is 10.9 Å². The fourth-order valence-corrected chi connectivity index (χ4v) is 8.16. The Morgan fingerprint density at radius 3 is 2.79 bits per heavy atom. The van der Waals surface area contributed by atoms with E-state index >= 15 is 0 Å². The number of nitrogens with one attached hydrogen (secondary N) is 2. The minimum Gasteiger partial charge on any atom is -0.338 e. The van der Waals surface area contributed by atoms with Crippen molar-refractivity contribution in [1.29, 1.82) is 5.26 Å². The number of fused-ring (bicyclic) bond motifs is 2. The van der Waals surface area contributed by atoms with E-state index in [0.717, 1.165) is 44.1 Å². The zero-order valence-corrected chi connectivity index (χ0v) is 19.0. The van der Waals surface area contributed by atoms with Gasteiger partial charge in [0.25, 0.3) is 5.56 Å². The summed E-state index contributed by atoms with van der Waals surface area (Å²) in [6, 6.07) is 9.34. The number of benzene rings is 1. The number of anilines is 2. The van der Waals surface area contributed by atoms with E-state index in [1.165, 1.54) is 0 Å². The van der Waals surface area contributed by atoms with Crippen molar-refractivity contribution in [1.82, 2.24) is 14.8 Å². The lowest BCUT2D eigenvalue weighted by Crippen LogP contribution is -2.32. The van der Waals surface area contributed by atoms with Crippen LogP contribution < -0.4 is 10.9 Å². The van der Waals surface area contributed by atoms with E-state index in [0.29, 0.717) is 46.1 Å². The largest absolute Gasteiger partial charge is 0.338 e. The Morgan fingerprint density at radius 2 is 2.06 bits per heavy atom. The third-order valence-electron chi connectivity index (χ3n) is 7.62. The summed E-state index contributed by atoms with van der Waals surface area (Å²) in [5.74, 6) is 0.819. The van der Waals surface area contributed by atoms with Crippen LogP contribution in [-0.4, -0.2) is 27.9 Å². The number of rotatable bonds is 5. The summed E-state index contributed by atoms with van der Waals surface area (Å²) in [6.07, 6.45) is 7.95. The zero-order chi connectivity index (χ0) is 22.8. The van der Waals surface area contributed by atoms with Crippen LogP contribution in [0.1, 0.15) is 56.6 Å². The predicted molar refractivity (Wildman–Crippen MR) is 124 cm³/mol. The van der Waals surface area contributed by atoms with Gasteiger partial charge in [-0.25, -0.2) is 8.42 Å². The zero-order valence-electron chi connectivity index (χ0n) is 18.2. The quantitative estimate of drug-likeness (QED) is 0.590. The standard InChI is InChI=1S/C24H25N5O3S/c25-11-7-18(15-3-4-15)29-19-8-12-26-23(30)21(19)22(28-29)27-17-5-6-20-16(13-17)14-24(33(20,31)32)9-1-2-10-24/h5-6,8,12-13,15,18H,1-4,7,9-10,14H2,(H,26,30)(H,27,28). The molecule has 3 heterocycles. The number of hydrogen-bond donors (Lipinski definition) is 2. The number of hydrogen-bond acceptors (Lipinski definition) is 6. The molecule has 2 saturated carbocycles. The first kappa shape index (κ1) is 20.5. The molecule has 0 bridgehead atoms. The summed E-state index contributed by atoms with van der Waals surface area (Å²) >= 11 is 0. The average Bonchev–Trinajstić information content (AvgIpc) is 3.33. The lowest BCUT2D eigenvalue weighted by Gasteiger charge is -2.20. The van der Waals surface area contributed by atoms with Crippen LogP contribution >= 0.6 is 0 Å². The molecule has 1 unspecified atom stereocenters. The van der Waals surface area contributed by atoms with E-state index < -0.39 is 14.6 Å². The maximum atomic E-state index is 13.2. The third kappa shape index (κ3) is 3.04. The van der Waals surface area contributed by atoms with Gasteiger partial charge in [-0.2, -0.15) is 10.4 Å². The number of nitriles is 1. The van der Waals surface area contributed by atoms with Crippen LogP contribution in [0.15, 0.2) is 40.2 Å². The number of pyridine rings is 1. The van der Waals surface area contributed by atoms with Crippen molar-refractivity contribution in [2.24, 2.45) is 5.92 Å². The monoisotopic (exact) mass is 463 g/mol. The van der Waals surface area contributed by atoms with Crippen LogP contribution in [0.3, 0.4) is 0 Å². The molecule has 2 aromatic heterocycles. The van der Waals surface area contributed by atoms with Crippen molar-refractivity contribution >= 4 is 32.2 Å². The van der Waals surface area contributed by atoms with Crippen molar-refractivity contribution < 1.29 is 8.42 Å². The summed E-state index contributed by atoms with van der Waals surface area (Å²) in [4.78, 5) is 15.9. The molecule has 1 spiro atoms. The highest BCUT2D eigenvalue weighted by atomic mass is 32.2. The second-order valence-corrected chi connectivity index (χ2v) is 12.0. The van der Waals surface area contributed by atoms with Gasteiger partial charge in [-0.15, -0.1) is 0 Å². The van der Waals surface area contributed by atoms with Crippen LogP contribution in [-0.2, 0) is 16.3 Å². The molecule has 1 atom stereocenters. The second kappa shape index (κ2) is 7.19. The molecule has 3 aromatic rings. The van der Waals surface area contributed by atoms with E-state index in [2.05, 4.69) is 16.4 Å². The summed E-state index contributed by atoms with van der Waals surface area (Å²) < 4.78 is 27.6. The molecular formula is C24H25N5O3S. The van der Waals surface area contributed by atoms with E-state index in [1.807, 2.05) is 16.8 Å². The van der Waals surface area contributed by atoms with E-state index in [1.54, 1.807) is 18.3 Å². The lowest BCUT2D eigenvalue weighted by molar-refractivity contribution is 0.426. The number of nitrogens with zero attached hydrogens (tertiary/aromatic N) is 3. The summed E-state index contributed by atoms with van der Waals surface area (Å²) in [6.45, 7) is 0. The van der Waals surface area contributed by atoms with E-state index in [-0.39, 0.29) is 11.6 Å². The smallest absolute Gasteiger partial charge is 0.261 e. The fraction of sp³-hybridized carbons (Fsp3) is 0.458. The molecule has 0 radical (unpaired) electrons. The molecule has 9 heteroatoms. The minimum absolute atomic E-state index is 0.0674. The first-order valence-corrected chi connectivity index (χ1v) is 13.0. The van der Waals surface area contributed by atoms with Gasteiger partial charge in [-0.1, -0.05) is 12.8 Å². The van der Waals surface area contributed by atoms with Crippen LogP contribution in [0.4, 0.5) is 11.5 Å². The molecule has 8 nitrogen and oxygen atoms in total. The number of aromatic amines is 1. The topological polar surface area (TPSA) is 121 Å². The first-order valence-electron chi connectivity index (χ1n) is 11.5. The highest BCUT2D eigenvalue weighted by Crippen LogP contribution is 2.49. The van der Waals surface area contributed by atoms with Crippen LogP contribution in [0.5, 0.6) is 0 Å². The fourth-order valence-electron chi connectivity index (χ4n) is 5.80. The first-order chi connectivity index (χ1) is 15.9. The van der Waals surface area contributed by atoms with Gasteiger partial charge in [0.2, 0.25) is 0 Å². The number of sulfone groups is 1. The second-order valence-electron chi connectivity index (χ2n) is 9.65. The van der Waals surface area contributed by atoms with Crippen molar-refractivity contribution in [3.8, 4) is 6.07 Å². The molecule has 2 N–H and O–H groups in total. The Labute approximate surface area is 191 Å². The number of aromatic nitrogens is 3. The molecule has 33 heavy (non-hydrogen) atoms. The molecule has 1 aliphatic heterocycles. The molecular weight excluding hydrogens is 438 g/mol. The van der Waals surface area contributed by atoms with Gasteiger partial charge < -0.3 is 10.3 Å². The Balaban J connectivity index is 1.41. The van der Waals surface area contributed by atoms with Gasteiger partial charge in [-0.05, 0) is 67.9 Å². The molecule has 2 aliphatic carbocycles. The molecule has 170 valence electrons. The van der Waals surface area contributed by atoms with Gasteiger partial charge in [0.1, 0.15) is 5.39 Å². The van der Waals surface area contributed by atoms with Crippen LogP contribution in [0.2, 0.25) is 0 Å². The lowest BCUT2D eigenvalue weighted by atomic mass is 9.97. The highest BCUT2D eigenvalue weighted by Gasteiger charge is 2.52. The van der Waals surface area contributed by atoms with Gasteiger partial charge in [-0.3, -0.25) is 9.48 Å². The van der Waals surface area contributed by atoms with E-state index in [4.69, 9.17) is 5.10 Å². The molecule has 1 aromatic carbocycles. The SMILES string of the molecule is N#CCC(C1CC1)n1nc(Nc2ccc3c(c2)CC2(CCCC2)S3(=O)=O)c2c(=O)[nH]ccc21. The predicted octanol–water partition coefficient (Wildman–Crippen LogP) is 3.98. The normalized spacial score (nSPS) is 21.2. The summed E-state index contributed by atoms with van der Waals surface area (Å²) in [5, 5.41) is 17.8. The maximum absolute atomic E-state index is 13.2.